The Hall–Kier alpha value is -0.580. The number of hydrogen-bond acceptors (Lipinski definition) is 3. The van der Waals surface area contributed by atoms with Crippen molar-refractivity contribution in [2.24, 2.45) is 0 Å². The Bertz CT molecular complexity index is 572. The summed E-state index contributed by atoms with van der Waals surface area (Å²) in [6, 6.07) is 8.44. The standard InChI is InChI=1S/C14H14BrClN2S/c1-3-11-13(15)14(16)18-12(17-11)8-19-10-6-4-9(2)5-7-10/h4-7H,3,8H2,1-2H3. The van der Waals surface area contributed by atoms with Crippen LogP contribution in [-0.2, 0) is 12.2 Å². The molecule has 0 bridgehead atoms. The first-order valence-corrected chi connectivity index (χ1v) is 8.16. The van der Waals surface area contributed by atoms with E-state index in [1.807, 2.05) is 0 Å². The molecule has 2 nitrogen and oxygen atoms in total. The lowest BCUT2D eigenvalue weighted by Gasteiger charge is -2.06. The first-order valence-electron chi connectivity index (χ1n) is 6.00. The monoisotopic (exact) mass is 356 g/mol. The molecule has 19 heavy (non-hydrogen) atoms. The maximum Gasteiger partial charge on any atom is 0.147 e. The van der Waals surface area contributed by atoms with Crippen molar-refractivity contribution in [1.82, 2.24) is 9.97 Å². The number of benzene rings is 1. The largest absolute Gasteiger partial charge is 0.236 e. The number of halogens is 2. The van der Waals surface area contributed by atoms with E-state index in [4.69, 9.17) is 11.6 Å². The van der Waals surface area contributed by atoms with Gasteiger partial charge >= 0.3 is 0 Å². The number of nitrogens with zero attached hydrogens (tertiary/aromatic N) is 2. The van der Waals surface area contributed by atoms with Crippen LogP contribution in [0.25, 0.3) is 0 Å². The Kier molecular flexibility index (Phi) is 5.25. The predicted octanol–water partition coefficient (Wildman–Crippen LogP) is 5.06. The van der Waals surface area contributed by atoms with Gasteiger partial charge in [-0.25, -0.2) is 9.97 Å². The molecule has 0 spiro atoms. The average Bonchev–Trinajstić information content (AvgIpc) is 2.41. The molecule has 0 N–H and O–H groups in total. The summed E-state index contributed by atoms with van der Waals surface area (Å²) in [5.74, 6) is 1.50. The Balaban J connectivity index is 2.11. The highest BCUT2D eigenvalue weighted by Crippen LogP contribution is 2.27. The van der Waals surface area contributed by atoms with Gasteiger partial charge in [-0.15, -0.1) is 11.8 Å². The zero-order valence-electron chi connectivity index (χ0n) is 10.8. The van der Waals surface area contributed by atoms with Gasteiger partial charge in [-0.05, 0) is 41.4 Å². The first-order chi connectivity index (χ1) is 9.10. The Morgan fingerprint density at radius 1 is 1.21 bits per heavy atom. The lowest BCUT2D eigenvalue weighted by molar-refractivity contribution is 0.928. The van der Waals surface area contributed by atoms with Gasteiger partial charge in [0.2, 0.25) is 0 Å². The van der Waals surface area contributed by atoms with Crippen LogP contribution in [0.4, 0.5) is 0 Å². The van der Waals surface area contributed by atoms with Crippen LogP contribution in [0.1, 0.15) is 24.0 Å². The molecule has 0 radical (unpaired) electrons. The van der Waals surface area contributed by atoms with Gasteiger partial charge in [-0.2, -0.15) is 0 Å². The molecule has 0 saturated carbocycles. The molecule has 2 aromatic rings. The van der Waals surface area contributed by atoms with Gasteiger partial charge < -0.3 is 0 Å². The second-order valence-corrected chi connectivity index (χ2v) is 6.35. The Morgan fingerprint density at radius 2 is 1.89 bits per heavy atom. The van der Waals surface area contributed by atoms with E-state index in [1.54, 1.807) is 11.8 Å². The summed E-state index contributed by atoms with van der Waals surface area (Å²) >= 11 is 11.2. The topological polar surface area (TPSA) is 25.8 Å². The number of aromatic nitrogens is 2. The van der Waals surface area contributed by atoms with Crippen molar-refractivity contribution in [2.75, 3.05) is 0 Å². The molecule has 0 aliphatic heterocycles. The first kappa shape index (κ1) is 14.8. The molecule has 1 heterocycles. The van der Waals surface area contributed by atoms with E-state index >= 15 is 0 Å². The SMILES string of the molecule is CCc1nc(CSc2ccc(C)cc2)nc(Cl)c1Br. The highest BCUT2D eigenvalue weighted by Gasteiger charge is 2.09. The van der Waals surface area contributed by atoms with Crippen molar-refractivity contribution >= 4 is 39.3 Å². The molecule has 2 rings (SSSR count). The molecule has 0 aliphatic carbocycles. The Labute approximate surface area is 131 Å². The molecule has 0 unspecified atom stereocenters. The number of aryl methyl sites for hydroxylation is 2. The van der Waals surface area contributed by atoms with Crippen molar-refractivity contribution in [3.8, 4) is 0 Å². The summed E-state index contributed by atoms with van der Waals surface area (Å²) in [7, 11) is 0. The predicted molar refractivity (Wildman–Crippen MR) is 84.9 cm³/mol. The number of rotatable bonds is 4. The minimum absolute atomic E-state index is 0.492. The van der Waals surface area contributed by atoms with Gasteiger partial charge in [0.05, 0.1) is 15.9 Å². The zero-order valence-corrected chi connectivity index (χ0v) is 13.9. The van der Waals surface area contributed by atoms with Crippen molar-refractivity contribution in [3.05, 3.63) is 51.0 Å². The highest BCUT2D eigenvalue weighted by molar-refractivity contribution is 9.10. The molecule has 1 aromatic heterocycles. The van der Waals surface area contributed by atoms with Gasteiger partial charge in [-0.1, -0.05) is 36.2 Å². The van der Waals surface area contributed by atoms with E-state index in [2.05, 4.69) is 64.0 Å². The van der Waals surface area contributed by atoms with Crippen LogP contribution in [0.5, 0.6) is 0 Å². The van der Waals surface area contributed by atoms with Gasteiger partial charge in [0, 0.05) is 4.90 Å². The second kappa shape index (κ2) is 6.73. The fraction of sp³-hybridized carbons (Fsp3) is 0.286. The molecule has 0 fully saturated rings. The summed E-state index contributed by atoms with van der Waals surface area (Å²) < 4.78 is 0.806. The summed E-state index contributed by atoms with van der Waals surface area (Å²) in [5.41, 5.74) is 2.22. The van der Waals surface area contributed by atoms with E-state index < -0.39 is 0 Å². The highest BCUT2D eigenvalue weighted by atomic mass is 79.9. The van der Waals surface area contributed by atoms with Crippen molar-refractivity contribution in [1.29, 1.82) is 0 Å². The minimum atomic E-state index is 0.492. The Morgan fingerprint density at radius 3 is 2.53 bits per heavy atom. The van der Waals surface area contributed by atoms with Gasteiger partial charge in [-0.3, -0.25) is 0 Å². The van der Waals surface area contributed by atoms with E-state index in [0.29, 0.717) is 5.15 Å². The van der Waals surface area contributed by atoms with Crippen LogP contribution in [0.3, 0.4) is 0 Å². The summed E-state index contributed by atoms with van der Waals surface area (Å²) in [4.78, 5) is 10.0. The molecule has 0 amide bonds. The molecule has 100 valence electrons. The van der Waals surface area contributed by atoms with Crippen LogP contribution in [0.2, 0.25) is 5.15 Å². The van der Waals surface area contributed by atoms with Crippen molar-refractivity contribution in [3.63, 3.8) is 0 Å². The molecule has 5 heteroatoms. The minimum Gasteiger partial charge on any atom is -0.236 e. The van der Waals surface area contributed by atoms with Crippen LogP contribution in [-0.4, -0.2) is 9.97 Å². The number of hydrogen-bond donors (Lipinski definition) is 0. The van der Waals surface area contributed by atoms with Gasteiger partial charge in [0.25, 0.3) is 0 Å². The molecular weight excluding hydrogens is 344 g/mol. The maximum absolute atomic E-state index is 6.09. The van der Waals surface area contributed by atoms with Crippen LogP contribution in [0, 0.1) is 6.92 Å². The fourth-order valence-corrected chi connectivity index (χ4v) is 3.01. The van der Waals surface area contributed by atoms with Gasteiger partial charge in [0.1, 0.15) is 11.0 Å². The third-order valence-corrected chi connectivity index (χ3v) is 4.99. The van der Waals surface area contributed by atoms with E-state index in [1.165, 1.54) is 10.5 Å². The van der Waals surface area contributed by atoms with Crippen LogP contribution < -0.4 is 0 Å². The molecule has 0 saturated heterocycles. The van der Waals surface area contributed by atoms with Crippen molar-refractivity contribution < 1.29 is 0 Å². The van der Waals surface area contributed by atoms with Gasteiger partial charge in [0.15, 0.2) is 0 Å². The maximum atomic E-state index is 6.09. The van der Waals surface area contributed by atoms with E-state index in [-0.39, 0.29) is 0 Å². The third kappa shape index (κ3) is 3.94. The fourth-order valence-electron chi connectivity index (χ4n) is 1.59. The lowest BCUT2D eigenvalue weighted by atomic mass is 10.2. The van der Waals surface area contributed by atoms with Crippen LogP contribution in [0.15, 0.2) is 33.6 Å². The number of thioether (sulfide) groups is 1. The average molecular weight is 358 g/mol. The van der Waals surface area contributed by atoms with Crippen molar-refractivity contribution in [2.45, 2.75) is 30.9 Å². The zero-order chi connectivity index (χ0) is 13.8. The molecule has 0 aliphatic rings. The quantitative estimate of drug-likeness (QED) is 0.565. The second-order valence-electron chi connectivity index (χ2n) is 4.15. The third-order valence-electron chi connectivity index (χ3n) is 2.65. The summed E-state index contributed by atoms with van der Waals surface area (Å²) in [6.45, 7) is 4.14. The molecular formula is C14H14BrClN2S. The lowest BCUT2D eigenvalue weighted by Crippen LogP contribution is -1.99. The molecule has 0 atom stereocenters. The van der Waals surface area contributed by atoms with E-state index in [0.717, 1.165) is 28.2 Å². The summed E-state index contributed by atoms with van der Waals surface area (Å²) in [5, 5.41) is 0.492. The molecule has 1 aromatic carbocycles. The smallest absolute Gasteiger partial charge is 0.147 e. The summed E-state index contributed by atoms with van der Waals surface area (Å²) in [6.07, 6.45) is 0.838. The van der Waals surface area contributed by atoms with Crippen LogP contribution >= 0.6 is 39.3 Å². The normalized spacial score (nSPS) is 10.7. The van der Waals surface area contributed by atoms with E-state index in [9.17, 15) is 0 Å².